The maximum Gasteiger partial charge on any atom is 0.331 e. The first-order valence-corrected chi connectivity index (χ1v) is 6.79. The summed E-state index contributed by atoms with van der Waals surface area (Å²) < 4.78 is 0. The van der Waals surface area contributed by atoms with Crippen molar-refractivity contribution >= 4 is 5.97 Å². The average molecular weight is 242 g/mol. The maximum atomic E-state index is 10.2. The summed E-state index contributed by atoms with van der Waals surface area (Å²) in [5, 5.41) is 17.6. The molecule has 0 fully saturated rings. The van der Waals surface area contributed by atoms with E-state index in [4.69, 9.17) is 5.11 Å². The first-order valence-electron chi connectivity index (χ1n) is 6.79. The predicted molar refractivity (Wildman–Crippen MR) is 70.2 cm³/mol. The van der Waals surface area contributed by atoms with E-state index in [1.165, 1.54) is 44.9 Å². The molecular weight excluding hydrogens is 216 g/mol. The van der Waals surface area contributed by atoms with Crippen LogP contribution in [0.2, 0.25) is 0 Å². The molecule has 0 bridgehead atoms. The van der Waals surface area contributed by atoms with Crippen molar-refractivity contribution in [2.75, 3.05) is 0 Å². The number of aliphatic hydroxyl groups is 1. The van der Waals surface area contributed by atoms with Crippen LogP contribution >= 0.6 is 0 Å². The molecule has 0 saturated heterocycles. The number of hydrogen-bond donors (Lipinski definition) is 2. The van der Waals surface area contributed by atoms with E-state index in [9.17, 15) is 9.90 Å². The summed E-state index contributed by atoms with van der Waals surface area (Å²) in [6.45, 7) is 2.22. The lowest BCUT2D eigenvalue weighted by Crippen LogP contribution is -1.92. The Morgan fingerprint density at radius 2 is 1.35 bits per heavy atom. The number of unbranched alkanes of at least 4 members (excludes halogenated alkanes) is 8. The van der Waals surface area contributed by atoms with Crippen molar-refractivity contribution in [3.8, 4) is 0 Å². The van der Waals surface area contributed by atoms with Crippen LogP contribution in [-0.4, -0.2) is 16.2 Å². The van der Waals surface area contributed by atoms with Crippen LogP contribution in [0.5, 0.6) is 0 Å². The molecular formula is C14H26O3. The fraction of sp³-hybridized carbons (Fsp3) is 0.786. The van der Waals surface area contributed by atoms with E-state index >= 15 is 0 Å². The fourth-order valence-electron chi connectivity index (χ4n) is 1.83. The second kappa shape index (κ2) is 11.5. The molecule has 0 spiro atoms. The quantitative estimate of drug-likeness (QED) is 0.320. The van der Waals surface area contributed by atoms with Crippen LogP contribution in [0.3, 0.4) is 0 Å². The van der Waals surface area contributed by atoms with Crippen LogP contribution < -0.4 is 0 Å². The molecule has 100 valence electrons. The Morgan fingerprint density at radius 3 is 1.82 bits per heavy atom. The van der Waals surface area contributed by atoms with E-state index in [0.29, 0.717) is 6.42 Å². The van der Waals surface area contributed by atoms with Gasteiger partial charge in [-0.1, -0.05) is 58.3 Å². The Kier molecular flexibility index (Phi) is 10.8. The molecule has 0 heterocycles. The van der Waals surface area contributed by atoms with Crippen LogP contribution in [0.15, 0.2) is 11.8 Å². The molecule has 3 nitrogen and oxygen atoms in total. The highest BCUT2D eigenvalue weighted by Gasteiger charge is 1.98. The van der Waals surface area contributed by atoms with E-state index < -0.39 is 5.97 Å². The van der Waals surface area contributed by atoms with Crippen molar-refractivity contribution in [1.29, 1.82) is 0 Å². The van der Waals surface area contributed by atoms with E-state index in [1.807, 2.05) is 0 Å². The number of hydrogen-bond acceptors (Lipinski definition) is 2. The lowest BCUT2D eigenvalue weighted by atomic mass is 10.1. The molecule has 0 radical (unpaired) electrons. The lowest BCUT2D eigenvalue weighted by Gasteiger charge is -2.01. The minimum Gasteiger partial charge on any atom is -0.512 e. The standard InChI is InChI=1S/C14H26O3/c1-2-3-4-5-6-7-8-9-10-11-13(15)12-14(16)17/h12,15H,2-11H2,1H3,(H,16,17)/b13-12+. The molecule has 0 aromatic carbocycles. The summed E-state index contributed by atoms with van der Waals surface area (Å²) in [5.74, 6) is -1.08. The van der Waals surface area contributed by atoms with Crippen molar-refractivity contribution in [2.24, 2.45) is 0 Å². The lowest BCUT2D eigenvalue weighted by molar-refractivity contribution is -0.131. The van der Waals surface area contributed by atoms with Crippen molar-refractivity contribution in [2.45, 2.75) is 71.1 Å². The predicted octanol–water partition coefficient (Wildman–Crippen LogP) is 4.43. The van der Waals surface area contributed by atoms with Crippen LogP contribution in [-0.2, 0) is 4.79 Å². The molecule has 0 amide bonds. The molecule has 0 saturated carbocycles. The average Bonchev–Trinajstić information content (AvgIpc) is 2.26. The number of carbonyl (C=O) groups is 1. The monoisotopic (exact) mass is 242 g/mol. The first kappa shape index (κ1) is 16.0. The van der Waals surface area contributed by atoms with Crippen molar-refractivity contribution in [3.63, 3.8) is 0 Å². The third-order valence-corrected chi connectivity index (χ3v) is 2.83. The topological polar surface area (TPSA) is 57.5 Å². The molecule has 17 heavy (non-hydrogen) atoms. The highest BCUT2D eigenvalue weighted by atomic mass is 16.4. The number of rotatable bonds is 11. The minimum atomic E-state index is -1.07. The maximum absolute atomic E-state index is 10.2. The van der Waals surface area contributed by atoms with Gasteiger partial charge < -0.3 is 10.2 Å². The summed E-state index contributed by atoms with van der Waals surface area (Å²) in [6.07, 6.45) is 12.4. The largest absolute Gasteiger partial charge is 0.512 e. The Hall–Kier alpha value is -0.990. The molecule has 2 N–H and O–H groups in total. The van der Waals surface area contributed by atoms with Crippen LogP contribution in [0, 0.1) is 0 Å². The molecule has 0 aliphatic carbocycles. The second-order valence-corrected chi connectivity index (χ2v) is 4.55. The Bertz CT molecular complexity index is 222. The molecule has 0 unspecified atom stereocenters. The van der Waals surface area contributed by atoms with Crippen LogP contribution in [0.1, 0.15) is 71.1 Å². The second-order valence-electron chi connectivity index (χ2n) is 4.55. The van der Waals surface area contributed by atoms with Gasteiger partial charge in [-0.3, -0.25) is 0 Å². The van der Waals surface area contributed by atoms with Gasteiger partial charge in [0.25, 0.3) is 0 Å². The van der Waals surface area contributed by atoms with Gasteiger partial charge in [-0.05, 0) is 6.42 Å². The molecule has 0 aromatic rings. The normalized spacial score (nSPS) is 11.7. The number of carboxylic acids is 1. The van der Waals surface area contributed by atoms with E-state index in [0.717, 1.165) is 18.9 Å². The third kappa shape index (κ3) is 12.9. The van der Waals surface area contributed by atoms with Gasteiger partial charge in [0.1, 0.15) is 0 Å². The Morgan fingerprint density at radius 1 is 0.882 bits per heavy atom. The summed E-state index contributed by atoms with van der Waals surface area (Å²) in [4.78, 5) is 10.2. The molecule has 0 atom stereocenters. The molecule has 3 heteroatoms. The number of allylic oxidation sites excluding steroid dienone is 1. The summed E-state index contributed by atoms with van der Waals surface area (Å²) in [6, 6.07) is 0. The SMILES string of the molecule is CCCCCCCCCCC/C(O)=C\C(=O)O. The number of carboxylic acid groups (broad SMARTS) is 1. The number of aliphatic carboxylic acids is 1. The molecule has 0 aromatic heterocycles. The van der Waals surface area contributed by atoms with E-state index in [2.05, 4.69) is 6.92 Å². The van der Waals surface area contributed by atoms with Crippen molar-refractivity contribution < 1.29 is 15.0 Å². The van der Waals surface area contributed by atoms with E-state index in [1.54, 1.807) is 0 Å². The van der Waals surface area contributed by atoms with Gasteiger partial charge in [-0.2, -0.15) is 0 Å². The van der Waals surface area contributed by atoms with Gasteiger partial charge in [-0.25, -0.2) is 4.79 Å². The van der Waals surface area contributed by atoms with Crippen LogP contribution in [0.4, 0.5) is 0 Å². The first-order chi connectivity index (χ1) is 8.16. The van der Waals surface area contributed by atoms with Crippen molar-refractivity contribution in [3.05, 3.63) is 11.8 Å². The van der Waals surface area contributed by atoms with Gasteiger partial charge in [0.05, 0.1) is 11.8 Å². The molecule has 0 aliphatic heterocycles. The fourth-order valence-corrected chi connectivity index (χ4v) is 1.83. The van der Waals surface area contributed by atoms with Gasteiger partial charge in [0, 0.05) is 6.42 Å². The van der Waals surface area contributed by atoms with Gasteiger partial charge in [0.2, 0.25) is 0 Å². The van der Waals surface area contributed by atoms with Crippen molar-refractivity contribution in [1.82, 2.24) is 0 Å². The van der Waals surface area contributed by atoms with Crippen LogP contribution in [0.25, 0.3) is 0 Å². The van der Waals surface area contributed by atoms with E-state index in [-0.39, 0.29) is 5.76 Å². The zero-order chi connectivity index (χ0) is 12.9. The summed E-state index contributed by atoms with van der Waals surface area (Å²) in [7, 11) is 0. The highest BCUT2D eigenvalue weighted by molar-refractivity contribution is 5.80. The molecule has 0 aliphatic rings. The molecule has 0 rings (SSSR count). The smallest absolute Gasteiger partial charge is 0.331 e. The zero-order valence-corrected chi connectivity index (χ0v) is 11.0. The number of aliphatic hydroxyl groups excluding tert-OH is 1. The minimum absolute atomic E-state index is 0.0135. The van der Waals surface area contributed by atoms with Gasteiger partial charge >= 0.3 is 5.97 Å². The Balaban J connectivity index is 3.21. The summed E-state index contributed by atoms with van der Waals surface area (Å²) >= 11 is 0. The van der Waals surface area contributed by atoms with Gasteiger partial charge in [0.15, 0.2) is 0 Å². The Labute approximate surface area is 105 Å². The van der Waals surface area contributed by atoms with Gasteiger partial charge in [-0.15, -0.1) is 0 Å². The third-order valence-electron chi connectivity index (χ3n) is 2.83. The zero-order valence-electron chi connectivity index (χ0n) is 11.0. The summed E-state index contributed by atoms with van der Waals surface area (Å²) in [5.41, 5.74) is 0. The highest BCUT2D eigenvalue weighted by Crippen LogP contribution is 2.12.